The second-order valence-electron chi connectivity index (χ2n) is 11.6. The Morgan fingerprint density at radius 3 is 1.98 bits per heavy atom. The second kappa shape index (κ2) is 10.4. The van der Waals surface area contributed by atoms with Gasteiger partial charge in [-0.2, -0.15) is 0 Å². The first-order chi connectivity index (χ1) is 21.4. The van der Waals surface area contributed by atoms with Gasteiger partial charge in [0.1, 0.15) is 0 Å². The van der Waals surface area contributed by atoms with Crippen LogP contribution in [0.25, 0.3) is 11.4 Å². The summed E-state index contributed by atoms with van der Waals surface area (Å²) in [6.07, 6.45) is 4.22. The molecular weight excluding hydrogens is 628 g/mol. The van der Waals surface area contributed by atoms with E-state index in [1.807, 2.05) is 61.7 Å². The van der Waals surface area contributed by atoms with E-state index in [0.717, 1.165) is 38.1 Å². The van der Waals surface area contributed by atoms with Crippen LogP contribution in [0.15, 0.2) is 149 Å². The molecule has 0 saturated heterocycles. The van der Waals surface area contributed by atoms with Gasteiger partial charge in [0.25, 0.3) is 10.0 Å². The van der Waals surface area contributed by atoms with Crippen molar-refractivity contribution in [2.24, 2.45) is 0 Å². The Labute approximate surface area is 266 Å². The Morgan fingerprint density at radius 1 is 0.636 bits per heavy atom. The Hall–Kier alpha value is -4.39. The summed E-state index contributed by atoms with van der Waals surface area (Å²) >= 11 is 3.60. The maximum absolute atomic E-state index is 14.6. The Kier molecular flexibility index (Phi) is 6.40. The molecule has 0 radical (unpaired) electrons. The third kappa shape index (κ3) is 4.20. The fourth-order valence-corrected chi connectivity index (χ4v) is 8.66. The van der Waals surface area contributed by atoms with Crippen molar-refractivity contribution >= 4 is 43.0 Å². The maximum Gasteiger partial charge on any atom is 0.268 e. The number of nitrogens with zero attached hydrogens (tertiary/aromatic N) is 2. The zero-order valence-corrected chi connectivity index (χ0v) is 26.4. The summed E-state index contributed by atoms with van der Waals surface area (Å²) in [6.45, 7) is 1.96. The molecule has 0 saturated carbocycles. The second-order valence-corrected chi connectivity index (χ2v) is 14.3. The molecule has 0 bridgehead atoms. The number of anilines is 1. The van der Waals surface area contributed by atoms with Crippen LogP contribution in [-0.2, 0) is 10.0 Å². The number of allylic oxidation sites excluding steroid dienone is 1. The minimum Gasteiger partial charge on any atom is -0.331 e. The predicted molar refractivity (Wildman–Crippen MR) is 180 cm³/mol. The molecule has 8 rings (SSSR count). The lowest BCUT2D eigenvalue weighted by molar-refractivity contribution is 0.286. The van der Waals surface area contributed by atoms with Gasteiger partial charge in [-0.25, -0.2) is 12.7 Å². The van der Waals surface area contributed by atoms with Crippen molar-refractivity contribution in [2.45, 2.75) is 29.7 Å². The summed E-state index contributed by atoms with van der Waals surface area (Å²) in [7, 11) is -3.96. The highest BCUT2D eigenvalue weighted by atomic mass is 79.9. The van der Waals surface area contributed by atoms with E-state index in [-0.39, 0.29) is 22.8 Å². The van der Waals surface area contributed by atoms with Crippen LogP contribution in [0, 0.1) is 6.92 Å². The van der Waals surface area contributed by atoms with Crippen LogP contribution in [0.3, 0.4) is 0 Å². The third-order valence-corrected chi connectivity index (χ3v) is 11.3. The molecule has 0 amide bonds. The number of rotatable bonds is 4. The molecule has 1 aliphatic carbocycles. The molecule has 0 aromatic heterocycles. The van der Waals surface area contributed by atoms with Crippen LogP contribution < -0.4 is 4.31 Å². The Balaban J connectivity index is 1.45. The van der Waals surface area contributed by atoms with E-state index in [0.29, 0.717) is 5.69 Å². The van der Waals surface area contributed by atoms with E-state index >= 15 is 0 Å². The van der Waals surface area contributed by atoms with E-state index in [1.54, 1.807) is 12.1 Å². The van der Waals surface area contributed by atoms with E-state index < -0.39 is 10.0 Å². The van der Waals surface area contributed by atoms with Crippen LogP contribution >= 0.6 is 15.9 Å². The van der Waals surface area contributed by atoms with E-state index in [1.165, 1.54) is 15.4 Å². The van der Waals surface area contributed by atoms with Crippen molar-refractivity contribution < 1.29 is 8.42 Å². The molecule has 4 nitrogen and oxygen atoms in total. The number of sulfonamides is 1. The lowest BCUT2D eigenvalue weighted by atomic mass is 9.61. The summed E-state index contributed by atoms with van der Waals surface area (Å²) in [5.41, 5.74) is 9.25. The van der Waals surface area contributed by atoms with Gasteiger partial charge in [0.05, 0.1) is 22.3 Å². The molecule has 5 aromatic carbocycles. The number of aryl methyl sites for hydroxylation is 1. The number of benzene rings is 5. The first-order valence-electron chi connectivity index (χ1n) is 14.7. The SMILES string of the molecule is Cc1ccc(S(=O)(=O)N2C=C(c3ccc(Br)cc3)N3C(c4ccccc4)=CC4c5ccccc5C4C3c3ccccc32)cc1. The van der Waals surface area contributed by atoms with Crippen molar-refractivity contribution in [2.75, 3.05) is 4.31 Å². The lowest BCUT2D eigenvalue weighted by Crippen LogP contribution is -2.41. The minimum absolute atomic E-state index is 0.139. The highest BCUT2D eigenvalue weighted by molar-refractivity contribution is 9.10. The van der Waals surface area contributed by atoms with Crippen molar-refractivity contribution in [1.29, 1.82) is 0 Å². The van der Waals surface area contributed by atoms with Crippen LogP contribution in [0.5, 0.6) is 0 Å². The minimum atomic E-state index is -3.96. The largest absolute Gasteiger partial charge is 0.331 e. The summed E-state index contributed by atoms with van der Waals surface area (Å²) in [4.78, 5) is 2.65. The van der Waals surface area contributed by atoms with Crippen LogP contribution in [0.1, 0.15) is 51.3 Å². The predicted octanol–water partition coefficient (Wildman–Crippen LogP) is 9.24. The smallest absolute Gasteiger partial charge is 0.268 e. The van der Waals surface area contributed by atoms with Crippen molar-refractivity contribution in [1.82, 2.24) is 4.90 Å². The standard InChI is InChI=1S/C38H29BrN2O2S/c1-25-15-21-29(22-16-25)44(42,43)40-24-36(27-17-19-28(39)20-18-27)41-35(26-9-3-2-4-10-26)23-33-30-11-5-6-12-31(30)37(33)38(41)32-13-7-8-14-34(32)40/h2-24,33,37-38H,1H3. The van der Waals surface area contributed by atoms with Crippen molar-refractivity contribution in [3.8, 4) is 0 Å². The van der Waals surface area contributed by atoms with Crippen LogP contribution in [-0.4, -0.2) is 13.3 Å². The zero-order valence-electron chi connectivity index (χ0n) is 24.0. The average Bonchev–Trinajstić information content (AvgIpc) is 3.19. The summed E-state index contributed by atoms with van der Waals surface area (Å²) in [5, 5.41) is 0. The van der Waals surface area contributed by atoms with Gasteiger partial charge in [0.15, 0.2) is 0 Å². The van der Waals surface area contributed by atoms with Gasteiger partial charge in [0, 0.05) is 33.8 Å². The number of halogens is 1. The molecule has 3 aliphatic rings. The molecule has 2 aliphatic heterocycles. The van der Waals surface area contributed by atoms with Crippen molar-refractivity contribution in [3.05, 3.63) is 178 Å². The molecule has 2 heterocycles. The topological polar surface area (TPSA) is 40.6 Å². The van der Waals surface area contributed by atoms with E-state index in [2.05, 4.69) is 93.6 Å². The molecular formula is C38H29BrN2O2S. The highest BCUT2D eigenvalue weighted by Gasteiger charge is 2.51. The molecule has 3 unspecified atom stereocenters. The van der Waals surface area contributed by atoms with Gasteiger partial charge < -0.3 is 4.90 Å². The summed E-state index contributed by atoms with van der Waals surface area (Å²) in [5.74, 6) is 0.364. The normalized spacial score (nSPS) is 20.2. The Bertz CT molecular complexity index is 2070. The fourth-order valence-electron chi connectivity index (χ4n) is 7.02. The average molecular weight is 658 g/mol. The van der Waals surface area contributed by atoms with Gasteiger partial charge >= 0.3 is 0 Å². The van der Waals surface area contributed by atoms with Gasteiger partial charge in [-0.15, -0.1) is 0 Å². The number of fused-ring (bicyclic) bond motifs is 8. The van der Waals surface area contributed by atoms with Gasteiger partial charge in [-0.1, -0.05) is 125 Å². The molecule has 0 fully saturated rings. The monoisotopic (exact) mass is 656 g/mol. The van der Waals surface area contributed by atoms with E-state index in [9.17, 15) is 8.42 Å². The molecule has 216 valence electrons. The number of hydrogen-bond acceptors (Lipinski definition) is 3. The number of para-hydroxylation sites is 1. The molecule has 3 atom stereocenters. The maximum atomic E-state index is 14.6. The van der Waals surface area contributed by atoms with Crippen LogP contribution in [0.2, 0.25) is 0 Å². The molecule has 6 heteroatoms. The van der Waals surface area contributed by atoms with Gasteiger partial charge in [0.2, 0.25) is 0 Å². The summed E-state index contributed by atoms with van der Waals surface area (Å²) in [6, 6.07) is 42.2. The summed E-state index contributed by atoms with van der Waals surface area (Å²) < 4.78 is 31.7. The van der Waals surface area contributed by atoms with Crippen molar-refractivity contribution in [3.63, 3.8) is 0 Å². The lowest BCUT2D eigenvalue weighted by Gasteiger charge is -2.52. The molecule has 5 aromatic rings. The first-order valence-corrected chi connectivity index (χ1v) is 17.0. The fraction of sp³-hybridized carbons (Fsp3) is 0.105. The van der Waals surface area contributed by atoms with Gasteiger partial charge in [-0.05, 0) is 59.5 Å². The van der Waals surface area contributed by atoms with Crippen LogP contribution in [0.4, 0.5) is 5.69 Å². The Morgan fingerprint density at radius 2 is 1.25 bits per heavy atom. The third-order valence-electron chi connectivity index (χ3n) is 9.10. The molecule has 0 N–H and O–H groups in total. The highest BCUT2D eigenvalue weighted by Crippen LogP contribution is 2.63. The molecule has 0 spiro atoms. The number of hydrogen-bond donors (Lipinski definition) is 0. The first kappa shape index (κ1) is 27.2. The quantitative estimate of drug-likeness (QED) is 0.194. The van der Waals surface area contributed by atoms with E-state index in [4.69, 9.17) is 0 Å². The van der Waals surface area contributed by atoms with Gasteiger partial charge in [-0.3, -0.25) is 0 Å². The molecule has 44 heavy (non-hydrogen) atoms. The zero-order chi connectivity index (χ0) is 30.0.